The standard InChI is InChI=1S/C11H11NO2S/c1-2-14-11(13)10-4-3-9(12-10)8-5-6-15-7-8/h3-7,12H,2H2,1H3. The lowest BCUT2D eigenvalue weighted by molar-refractivity contribution is 0.0520. The van der Waals surface area contributed by atoms with Crippen molar-refractivity contribution in [3.63, 3.8) is 0 Å². The van der Waals surface area contributed by atoms with Gasteiger partial charge in [-0.3, -0.25) is 0 Å². The highest BCUT2D eigenvalue weighted by Gasteiger charge is 2.09. The zero-order chi connectivity index (χ0) is 10.7. The maximum atomic E-state index is 11.4. The van der Waals surface area contributed by atoms with E-state index in [-0.39, 0.29) is 5.97 Å². The van der Waals surface area contributed by atoms with Crippen LogP contribution in [0, 0.1) is 0 Å². The Bertz CT molecular complexity index is 445. The first kappa shape index (κ1) is 9.98. The molecule has 0 atom stereocenters. The van der Waals surface area contributed by atoms with Crippen LogP contribution in [0.5, 0.6) is 0 Å². The minimum atomic E-state index is -0.307. The number of hydrogen-bond donors (Lipinski definition) is 1. The molecule has 2 aromatic rings. The first-order valence-corrected chi connectivity index (χ1v) is 5.64. The van der Waals surface area contributed by atoms with Gasteiger partial charge in [0.15, 0.2) is 0 Å². The zero-order valence-electron chi connectivity index (χ0n) is 8.32. The van der Waals surface area contributed by atoms with E-state index in [1.807, 2.05) is 22.9 Å². The Hall–Kier alpha value is -1.55. The molecule has 0 aliphatic heterocycles. The van der Waals surface area contributed by atoms with Gasteiger partial charge in [0.1, 0.15) is 5.69 Å². The molecule has 0 amide bonds. The summed E-state index contributed by atoms with van der Waals surface area (Å²) in [7, 11) is 0. The Morgan fingerprint density at radius 3 is 3.00 bits per heavy atom. The number of thiophene rings is 1. The second-order valence-electron chi connectivity index (χ2n) is 3.02. The summed E-state index contributed by atoms with van der Waals surface area (Å²) in [6.45, 7) is 2.19. The highest BCUT2D eigenvalue weighted by Crippen LogP contribution is 2.21. The minimum Gasteiger partial charge on any atom is -0.461 e. The van der Waals surface area contributed by atoms with Crippen molar-refractivity contribution < 1.29 is 9.53 Å². The van der Waals surface area contributed by atoms with Crippen LogP contribution in [0.15, 0.2) is 29.0 Å². The van der Waals surface area contributed by atoms with E-state index in [1.54, 1.807) is 24.3 Å². The van der Waals surface area contributed by atoms with Gasteiger partial charge in [0.25, 0.3) is 0 Å². The van der Waals surface area contributed by atoms with Crippen molar-refractivity contribution in [2.45, 2.75) is 6.92 Å². The lowest BCUT2D eigenvalue weighted by atomic mass is 10.2. The van der Waals surface area contributed by atoms with Crippen molar-refractivity contribution in [1.29, 1.82) is 0 Å². The second kappa shape index (κ2) is 4.31. The van der Waals surface area contributed by atoms with Crippen molar-refractivity contribution in [2.75, 3.05) is 6.61 Å². The smallest absolute Gasteiger partial charge is 0.354 e. The summed E-state index contributed by atoms with van der Waals surface area (Å²) in [6.07, 6.45) is 0. The largest absolute Gasteiger partial charge is 0.461 e. The summed E-state index contributed by atoms with van der Waals surface area (Å²) >= 11 is 1.63. The maximum Gasteiger partial charge on any atom is 0.354 e. The average Bonchev–Trinajstić information content (AvgIpc) is 2.89. The molecule has 0 aliphatic rings. The molecule has 1 N–H and O–H groups in total. The van der Waals surface area contributed by atoms with Crippen LogP contribution in [-0.2, 0) is 4.74 Å². The molecule has 0 aromatic carbocycles. The van der Waals surface area contributed by atoms with Crippen LogP contribution in [-0.4, -0.2) is 17.6 Å². The third-order valence-corrected chi connectivity index (χ3v) is 2.70. The number of aromatic nitrogens is 1. The van der Waals surface area contributed by atoms with Gasteiger partial charge in [-0.1, -0.05) is 0 Å². The Morgan fingerprint density at radius 2 is 2.33 bits per heavy atom. The molecule has 0 unspecified atom stereocenters. The van der Waals surface area contributed by atoms with Crippen molar-refractivity contribution in [3.8, 4) is 11.3 Å². The van der Waals surface area contributed by atoms with Crippen molar-refractivity contribution in [2.24, 2.45) is 0 Å². The van der Waals surface area contributed by atoms with E-state index in [0.29, 0.717) is 12.3 Å². The number of carbonyl (C=O) groups is 1. The predicted octanol–water partition coefficient (Wildman–Crippen LogP) is 2.92. The summed E-state index contributed by atoms with van der Waals surface area (Å²) < 4.78 is 4.89. The predicted molar refractivity (Wildman–Crippen MR) is 60.1 cm³/mol. The average molecular weight is 221 g/mol. The van der Waals surface area contributed by atoms with E-state index in [9.17, 15) is 4.79 Å². The maximum absolute atomic E-state index is 11.4. The highest BCUT2D eigenvalue weighted by molar-refractivity contribution is 7.08. The number of carbonyl (C=O) groups excluding carboxylic acids is 1. The number of esters is 1. The molecule has 0 fully saturated rings. The Labute approximate surface area is 91.7 Å². The summed E-state index contributed by atoms with van der Waals surface area (Å²) in [4.78, 5) is 14.4. The minimum absolute atomic E-state index is 0.307. The molecular weight excluding hydrogens is 210 g/mol. The molecule has 2 aromatic heterocycles. The van der Waals surface area contributed by atoms with Crippen LogP contribution in [0.4, 0.5) is 0 Å². The Morgan fingerprint density at radius 1 is 1.47 bits per heavy atom. The SMILES string of the molecule is CCOC(=O)c1ccc(-c2ccsc2)[nH]1. The van der Waals surface area contributed by atoms with E-state index < -0.39 is 0 Å². The van der Waals surface area contributed by atoms with Crippen LogP contribution in [0.25, 0.3) is 11.3 Å². The molecule has 2 heterocycles. The van der Waals surface area contributed by atoms with Crippen molar-refractivity contribution in [3.05, 3.63) is 34.7 Å². The lowest BCUT2D eigenvalue weighted by Crippen LogP contribution is -2.04. The van der Waals surface area contributed by atoms with Gasteiger partial charge in [0.2, 0.25) is 0 Å². The molecule has 0 radical (unpaired) electrons. The topological polar surface area (TPSA) is 42.1 Å². The quantitative estimate of drug-likeness (QED) is 0.810. The molecule has 3 nitrogen and oxygen atoms in total. The van der Waals surface area contributed by atoms with Crippen LogP contribution >= 0.6 is 11.3 Å². The van der Waals surface area contributed by atoms with Gasteiger partial charge in [-0.2, -0.15) is 11.3 Å². The van der Waals surface area contributed by atoms with Crippen molar-refractivity contribution in [1.82, 2.24) is 4.98 Å². The first-order valence-electron chi connectivity index (χ1n) is 4.70. The Balaban J connectivity index is 2.21. The van der Waals surface area contributed by atoms with E-state index in [2.05, 4.69) is 4.98 Å². The number of nitrogens with one attached hydrogen (secondary N) is 1. The van der Waals surface area contributed by atoms with E-state index >= 15 is 0 Å². The van der Waals surface area contributed by atoms with Gasteiger partial charge in [-0.05, 0) is 30.5 Å². The zero-order valence-corrected chi connectivity index (χ0v) is 9.14. The number of aromatic amines is 1. The normalized spacial score (nSPS) is 10.2. The van der Waals surface area contributed by atoms with Gasteiger partial charge in [-0.15, -0.1) is 0 Å². The van der Waals surface area contributed by atoms with Gasteiger partial charge < -0.3 is 9.72 Å². The molecule has 15 heavy (non-hydrogen) atoms. The van der Waals surface area contributed by atoms with Gasteiger partial charge in [0.05, 0.1) is 6.61 Å². The highest BCUT2D eigenvalue weighted by atomic mass is 32.1. The third-order valence-electron chi connectivity index (χ3n) is 2.01. The molecule has 0 spiro atoms. The molecule has 2 rings (SSSR count). The lowest BCUT2D eigenvalue weighted by Gasteiger charge is -1.97. The summed E-state index contributed by atoms with van der Waals surface area (Å²) in [5, 5.41) is 4.03. The van der Waals surface area contributed by atoms with Gasteiger partial charge in [-0.25, -0.2) is 4.79 Å². The number of H-pyrrole nitrogens is 1. The molecular formula is C11H11NO2S. The van der Waals surface area contributed by atoms with E-state index in [4.69, 9.17) is 4.74 Å². The summed E-state index contributed by atoms with van der Waals surface area (Å²) in [6, 6.07) is 5.63. The van der Waals surface area contributed by atoms with Crippen LogP contribution in [0.3, 0.4) is 0 Å². The number of rotatable bonds is 3. The molecule has 4 heteroatoms. The van der Waals surface area contributed by atoms with E-state index in [0.717, 1.165) is 11.3 Å². The molecule has 0 saturated heterocycles. The number of hydrogen-bond acceptors (Lipinski definition) is 3. The monoisotopic (exact) mass is 221 g/mol. The molecule has 0 saturated carbocycles. The van der Waals surface area contributed by atoms with Gasteiger partial charge >= 0.3 is 5.97 Å². The summed E-state index contributed by atoms with van der Waals surface area (Å²) in [5.74, 6) is -0.307. The second-order valence-corrected chi connectivity index (χ2v) is 3.80. The molecule has 0 aliphatic carbocycles. The van der Waals surface area contributed by atoms with Crippen LogP contribution < -0.4 is 0 Å². The first-order chi connectivity index (χ1) is 7.31. The fraction of sp³-hybridized carbons (Fsp3) is 0.182. The fourth-order valence-electron chi connectivity index (χ4n) is 1.31. The van der Waals surface area contributed by atoms with Crippen LogP contribution in [0.2, 0.25) is 0 Å². The van der Waals surface area contributed by atoms with Crippen LogP contribution in [0.1, 0.15) is 17.4 Å². The van der Waals surface area contributed by atoms with Gasteiger partial charge in [0, 0.05) is 16.6 Å². The molecule has 0 bridgehead atoms. The summed E-state index contributed by atoms with van der Waals surface area (Å²) in [5.41, 5.74) is 2.54. The van der Waals surface area contributed by atoms with Crippen molar-refractivity contribution >= 4 is 17.3 Å². The fourth-order valence-corrected chi connectivity index (χ4v) is 1.97. The Kier molecular flexibility index (Phi) is 2.87. The number of ether oxygens (including phenoxy) is 1. The third kappa shape index (κ3) is 2.10. The molecule has 78 valence electrons. The van der Waals surface area contributed by atoms with E-state index in [1.165, 1.54) is 0 Å².